The molecule has 0 unspecified atom stereocenters. The summed E-state index contributed by atoms with van der Waals surface area (Å²) in [5.74, 6) is 1.80. The number of hydrogen-bond acceptors (Lipinski definition) is 4. The van der Waals surface area contributed by atoms with E-state index in [4.69, 9.17) is 9.97 Å². The quantitative estimate of drug-likeness (QED) is 0.875. The van der Waals surface area contributed by atoms with Crippen molar-refractivity contribution in [2.45, 2.75) is 46.0 Å². The van der Waals surface area contributed by atoms with Gasteiger partial charge in [-0.1, -0.05) is 6.42 Å². The van der Waals surface area contributed by atoms with Crippen LogP contribution in [-0.2, 0) is 12.8 Å². The van der Waals surface area contributed by atoms with Gasteiger partial charge in [-0.25, -0.2) is 9.97 Å². The summed E-state index contributed by atoms with van der Waals surface area (Å²) in [5.41, 5.74) is 4.54. The molecule has 0 aromatic carbocycles. The Bertz CT molecular complexity index is 619. The molecule has 0 fully saturated rings. The second-order valence-corrected chi connectivity index (χ2v) is 5.60. The van der Waals surface area contributed by atoms with Crippen LogP contribution >= 0.6 is 0 Å². The van der Waals surface area contributed by atoms with Gasteiger partial charge in [-0.3, -0.25) is 4.98 Å². The number of rotatable bonds is 3. The molecule has 0 saturated carbocycles. The van der Waals surface area contributed by atoms with Gasteiger partial charge in [-0.15, -0.1) is 0 Å². The van der Waals surface area contributed by atoms with Crippen molar-refractivity contribution < 1.29 is 0 Å². The van der Waals surface area contributed by atoms with Gasteiger partial charge in [-0.2, -0.15) is 0 Å². The maximum absolute atomic E-state index is 4.82. The third-order valence-electron chi connectivity index (χ3n) is 3.95. The summed E-state index contributed by atoms with van der Waals surface area (Å²) >= 11 is 0. The van der Waals surface area contributed by atoms with Crippen LogP contribution in [-0.4, -0.2) is 21.5 Å². The molecule has 2 heterocycles. The standard InChI is InChI=1S/C17H22N4/c1-3-18-17-14-7-5-4-6-8-15(14)20-16(21-17)13-10-9-12(2)19-11-13/h9-11H,3-8H2,1-2H3,(H,18,20,21). The molecule has 21 heavy (non-hydrogen) atoms. The molecule has 1 aliphatic rings. The highest BCUT2D eigenvalue weighted by molar-refractivity contribution is 5.59. The first-order chi connectivity index (χ1) is 10.3. The van der Waals surface area contributed by atoms with Crippen LogP contribution in [0.3, 0.4) is 0 Å². The number of nitrogens with one attached hydrogen (secondary N) is 1. The second-order valence-electron chi connectivity index (χ2n) is 5.60. The largest absolute Gasteiger partial charge is 0.370 e. The van der Waals surface area contributed by atoms with E-state index < -0.39 is 0 Å². The Balaban J connectivity index is 2.07. The van der Waals surface area contributed by atoms with Crippen molar-refractivity contribution in [3.05, 3.63) is 35.3 Å². The number of aryl methyl sites for hydroxylation is 2. The molecule has 3 rings (SSSR count). The van der Waals surface area contributed by atoms with E-state index in [1.807, 2.05) is 19.2 Å². The lowest BCUT2D eigenvalue weighted by Gasteiger charge is -2.14. The van der Waals surface area contributed by atoms with Gasteiger partial charge in [0.1, 0.15) is 5.82 Å². The van der Waals surface area contributed by atoms with E-state index in [0.717, 1.165) is 42.3 Å². The lowest BCUT2D eigenvalue weighted by atomic mass is 10.1. The summed E-state index contributed by atoms with van der Waals surface area (Å²) in [6.45, 7) is 4.99. The molecule has 0 amide bonds. The van der Waals surface area contributed by atoms with Crippen LogP contribution in [0.5, 0.6) is 0 Å². The molecule has 4 nitrogen and oxygen atoms in total. The van der Waals surface area contributed by atoms with Crippen LogP contribution in [0.25, 0.3) is 11.4 Å². The van der Waals surface area contributed by atoms with Crippen molar-refractivity contribution in [2.24, 2.45) is 0 Å². The number of nitrogens with zero attached hydrogens (tertiary/aromatic N) is 3. The van der Waals surface area contributed by atoms with Crippen molar-refractivity contribution in [3.8, 4) is 11.4 Å². The van der Waals surface area contributed by atoms with E-state index in [1.165, 1.54) is 30.5 Å². The van der Waals surface area contributed by atoms with Crippen LogP contribution in [0.4, 0.5) is 5.82 Å². The molecule has 2 aromatic rings. The monoisotopic (exact) mass is 282 g/mol. The Hall–Kier alpha value is -1.97. The molecule has 0 aliphatic heterocycles. The van der Waals surface area contributed by atoms with E-state index in [9.17, 15) is 0 Å². The molecule has 0 bridgehead atoms. The Labute approximate surface area is 126 Å². The van der Waals surface area contributed by atoms with Crippen LogP contribution in [0, 0.1) is 6.92 Å². The molecular weight excluding hydrogens is 260 g/mol. The average molecular weight is 282 g/mol. The van der Waals surface area contributed by atoms with Crippen molar-refractivity contribution in [1.82, 2.24) is 15.0 Å². The smallest absolute Gasteiger partial charge is 0.163 e. The van der Waals surface area contributed by atoms with Gasteiger partial charge in [0.2, 0.25) is 0 Å². The summed E-state index contributed by atoms with van der Waals surface area (Å²) in [7, 11) is 0. The van der Waals surface area contributed by atoms with Crippen molar-refractivity contribution in [2.75, 3.05) is 11.9 Å². The predicted octanol–water partition coefficient (Wildman–Crippen LogP) is 3.55. The lowest BCUT2D eigenvalue weighted by molar-refractivity contribution is 0.709. The molecular formula is C17H22N4. The molecule has 0 spiro atoms. The first kappa shape index (κ1) is 14.0. The third-order valence-corrected chi connectivity index (χ3v) is 3.95. The molecule has 1 N–H and O–H groups in total. The first-order valence-corrected chi connectivity index (χ1v) is 7.84. The van der Waals surface area contributed by atoms with Crippen LogP contribution in [0.1, 0.15) is 43.1 Å². The number of pyridine rings is 1. The minimum atomic E-state index is 0.791. The van der Waals surface area contributed by atoms with Gasteiger partial charge in [0.05, 0.1) is 0 Å². The van der Waals surface area contributed by atoms with E-state index >= 15 is 0 Å². The lowest BCUT2D eigenvalue weighted by Crippen LogP contribution is -2.09. The molecule has 0 saturated heterocycles. The zero-order valence-electron chi connectivity index (χ0n) is 12.8. The first-order valence-electron chi connectivity index (χ1n) is 7.84. The predicted molar refractivity (Wildman–Crippen MR) is 85.4 cm³/mol. The summed E-state index contributed by atoms with van der Waals surface area (Å²) < 4.78 is 0. The highest BCUT2D eigenvalue weighted by Crippen LogP contribution is 2.27. The molecule has 2 aromatic heterocycles. The van der Waals surface area contributed by atoms with Gasteiger partial charge in [0, 0.05) is 35.3 Å². The topological polar surface area (TPSA) is 50.7 Å². The molecule has 1 aliphatic carbocycles. The Morgan fingerprint density at radius 2 is 1.95 bits per heavy atom. The van der Waals surface area contributed by atoms with Gasteiger partial charge < -0.3 is 5.32 Å². The van der Waals surface area contributed by atoms with Gasteiger partial charge in [-0.05, 0) is 51.7 Å². The summed E-state index contributed by atoms with van der Waals surface area (Å²) in [6, 6.07) is 4.06. The van der Waals surface area contributed by atoms with Crippen molar-refractivity contribution in [3.63, 3.8) is 0 Å². The number of hydrogen-bond donors (Lipinski definition) is 1. The van der Waals surface area contributed by atoms with Crippen LogP contribution in [0.15, 0.2) is 18.3 Å². The van der Waals surface area contributed by atoms with Gasteiger partial charge >= 0.3 is 0 Å². The second kappa shape index (κ2) is 6.20. The summed E-state index contributed by atoms with van der Waals surface area (Å²) in [6.07, 6.45) is 7.75. The Morgan fingerprint density at radius 1 is 1.10 bits per heavy atom. The van der Waals surface area contributed by atoms with Gasteiger partial charge in [0.25, 0.3) is 0 Å². The fraction of sp³-hybridized carbons (Fsp3) is 0.471. The highest BCUT2D eigenvalue weighted by atomic mass is 15.0. The zero-order valence-corrected chi connectivity index (χ0v) is 12.8. The highest BCUT2D eigenvalue weighted by Gasteiger charge is 2.17. The number of fused-ring (bicyclic) bond motifs is 1. The number of anilines is 1. The number of aromatic nitrogens is 3. The van der Waals surface area contributed by atoms with Crippen LogP contribution < -0.4 is 5.32 Å². The Kier molecular flexibility index (Phi) is 4.13. The zero-order chi connectivity index (χ0) is 14.7. The summed E-state index contributed by atoms with van der Waals surface area (Å²) in [4.78, 5) is 13.9. The van der Waals surface area contributed by atoms with E-state index in [1.54, 1.807) is 0 Å². The van der Waals surface area contributed by atoms with E-state index in [0.29, 0.717) is 0 Å². The van der Waals surface area contributed by atoms with Gasteiger partial charge in [0.15, 0.2) is 5.82 Å². The van der Waals surface area contributed by atoms with E-state index in [2.05, 4.69) is 23.3 Å². The van der Waals surface area contributed by atoms with Crippen molar-refractivity contribution in [1.29, 1.82) is 0 Å². The normalized spacial score (nSPS) is 14.4. The average Bonchev–Trinajstić information content (AvgIpc) is 2.73. The molecule has 0 radical (unpaired) electrons. The maximum Gasteiger partial charge on any atom is 0.163 e. The fourth-order valence-electron chi connectivity index (χ4n) is 2.81. The van der Waals surface area contributed by atoms with E-state index in [-0.39, 0.29) is 0 Å². The minimum Gasteiger partial charge on any atom is -0.370 e. The third kappa shape index (κ3) is 3.04. The SMILES string of the molecule is CCNc1nc(-c2ccc(C)nc2)nc2c1CCCCC2. The van der Waals surface area contributed by atoms with Crippen molar-refractivity contribution >= 4 is 5.82 Å². The molecule has 110 valence electrons. The van der Waals surface area contributed by atoms with Crippen LogP contribution in [0.2, 0.25) is 0 Å². The molecule has 0 atom stereocenters. The fourth-order valence-corrected chi connectivity index (χ4v) is 2.81. The Morgan fingerprint density at radius 3 is 2.71 bits per heavy atom. The minimum absolute atomic E-state index is 0.791. The summed E-state index contributed by atoms with van der Waals surface area (Å²) in [5, 5.41) is 3.41. The molecule has 4 heteroatoms. The maximum atomic E-state index is 4.82.